The zero-order valence-electron chi connectivity index (χ0n) is 12.6. The molecule has 1 aliphatic carbocycles. The fraction of sp³-hybridized carbons (Fsp3) is 1.00. The Balaban J connectivity index is 1.61. The van der Waals surface area contributed by atoms with E-state index in [9.17, 15) is 8.42 Å². The molecule has 0 aromatic heterocycles. The number of nitrogens with one attached hydrogen (secondary N) is 2. The van der Waals surface area contributed by atoms with Gasteiger partial charge < -0.3 is 10.1 Å². The molecule has 0 amide bonds. The van der Waals surface area contributed by atoms with Gasteiger partial charge >= 0.3 is 0 Å². The fourth-order valence-corrected chi connectivity index (χ4v) is 5.34. The maximum atomic E-state index is 12.5. The van der Waals surface area contributed by atoms with Gasteiger partial charge in [0, 0.05) is 24.7 Å². The van der Waals surface area contributed by atoms with Crippen molar-refractivity contribution in [2.45, 2.75) is 56.5 Å². The minimum Gasteiger partial charge on any atom is -0.379 e. The molecule has 2 aliphatic heterocycles. The van der Waals surface area contributed by atoms with Crippen LogP contribution in [0, 0.1) is 0 Å². The Morgan fingerprint density at radius 1 is 1.14 bits per heavy atom. The molecule has 3 rings (SSSR count). The van der Waals surface area contributed by atoms with Crippen LogP contribution in [0.3, 0.4) is 0 Å². The highest BCUT2D eigenvalue weighted by atomic mass is 32.2. The molecule has 7 heteroatoms. The van der Waals surface area contributed by atoms with Gasteiger partial charge in [0.1, 0.15) is 0 Å². The van der Waals surface area contributed by atoms with Crippen LogP contribution < -0.4 is 10.0 Å². The van der Waals surface area contributed by atoms with Crippen LogP contribution in [-0.2, 0) is 14.9 Å². The highest BCUT2D eigenvalue weighted by Crippen LogP contribution is 2.34. The summed E-state index contributed by atoms with van der Waals surface area (Å²) in [5.41, 5.74) is 0.175. The number of ether oxygens (including phenoxy) is 1. The smallest absolute Gasteiger partial charge is 0.279 e. The van der Waals surface area contributed by atoms with Crippen LogP contribution in [0.5, 0.6) is 0 Å². The topological polar surface area (TPSA) is 70.7 Å². The largest absolute Gasteiger partial charge is 0.379 e. The number of rotatable bonds is 3. The van der Waals surface area contributed by atoms with Gasteiger partial charge in [-0.3, -0.25) is 0 Å². The molecule has 2 heterocycles. The minimum absolute atomic E-state index is 0.0668. The molecule has 2 N–H and O–H groups in total. The van der Waals surface area contributed by atoms with E-state index in [2.05, 4.69) is 10.0 Å². The van der Waals surface area contributed by atoms with Crippen LogP contribution in [-0.4, -0.2) is 57.2 Å². The number of piperidine rings is 1. The first-order valence-corrected chi connectivity index (χ1v) is 9.64. The first-order chi connectivity index (χ1) is 10.1. The molecular weight excluding hydrogens is 290 g/mol. The average Bonchev–Trinajstić information content (AvgIpc) is 2.48. The normalized spacial score (nSPS) is 31.3. The molecule has 2 saturated heterocycles. The molecule has 1 atom stereocenters. The Labute approximate surface area is 127 Å². The average molecular weight is 317 g/mol. The lowest BCUT2D eigenvalue weighted by Crippen LogP contribution is -2.58. The summed E-state index contributed by atoms with van der Waals surface area (Å²) in [5, 5.41) is 3.66. The summed E-state index contributed by atoms with van der Waals surface area (Å²) in [5.74, 6) is 0. The van der Waals surface area contributed by atoms with Crippen molar-refractivity contribution in [1.29, 1.82) is 0 Å². The van der Waals surface area contributed by atoms with Gasteiger partial charge in [-0.2, -0.15) is 17.4 Å². The molecule has 6 nitrogen and oxygen atoms in total. The van der Waals surface area contributed by atoms with E-state index in [0.29, 0.717) is 26.3 Å². The fourth-order valence-electron chi connectivity index (χ4n) is 3.94. The van der Waals surface area contributed by atoms with Gasteiger partial charge in [-0.25, -0.2) is 0 Å². The lowest BCUT2D eigenvalue weighted by atomic mass is 9.75. The molecule has 122 valence electrons. The molecule has 0 aromatic rings. The Bertz CT molecular complexity index is 437. The molecule has 1 unspecified atom stereocenters. The third-order valence-electron chi connectivity index (χ3n) is 5.07. The third-order valence-corrected chi connectivity index (χ3v) is 6.74. The SMILES string of the molecule is O=S(=O)(NC1CCNC2(CCCCC2)C1)N1CCOCC1. The van der Waals surface area contributed by atoms with E-state index in [1.807, 2.05) is 0 Å². The lowest BCUT2D eigenvalue weighted by molar-refractivity contribution is 0.0719. The maximum Gasteiger partial charge on any atom is 0.279 e. The van der Waals surface area contributed by atoms with Crippen LogP contribution in [0.1, 0.15) is 44.9 Å². The van der Waals surface area contributed by atoms with Gasteiger partial charge in [0.25, 0.3) is 10.2 Å². The Kier molecular flexibility index (Phi) is 4.85. The second kappa shape index (κ2) is 6.50. The maximum absolute atomic E-state index is 12.5. The Hall–Kier alpha value is -0.210. The van der Waals surface area contributed by atoms with Gasteiger partial charge in [-0.15, -0.1) is 0 Å². The molecule has 0 bridgehead atoms. The van der Waals surface area contributed by atoms with Crippen LogP contribution in [0.2, 0.25) is 0 Å². The zero-order chi connectivity index (χ0) is 14.8. The minimum atomic E-state index is -3.36. The third kappa shape index (κ3) is 3.76. The number of nitrogens with zero attached hydrogens (tertiary/aromatic N) is 1. The van der Waals surface area contributed by atoms with E-state index in [-0.39, 0.29) is 11.6 Å². The zero-order valence-corrected chi connectivity index (χ0v) is 13.5. The van der Waals surface area contributed by atoms with E-state index < -0.39 is 10.2 Å². The highest BCUT2D eigenvalue weighted by Gasteiger charge is 2.38. The van der Waals surface area contributed by atoms with Gasteiger partial charge in [0.2, 0.25) is 0 Å². The van der Waals surface area contributed by atoms with Crippen molar-refractivity contribution >= 4 is 10.2 Å². The van der Waals surface area contributed by atoms with E-state index in [0.717, 1.165) is 19.4 Å². The quantitative estimate of drug-likeness (QED) is 0.800. The van der Waals surface area contributed by atoms with Crippen molar-refractivity contribution in [1.82, 2.24) is 14.3 Å². The van der Waals surface area contributed by atoms with Gasteiger partial charge in [-0.05, 0) is 32.2 Å². The van der Waals surface area contributed by atoms with E-state index in [1.54, 1.807) is 0 Å². The predicted molar refractivity (Wildman–Crippen MR) is 81.3 cm³/mol. The van der Waals surface area contributed by atoms with Crippen LogP contribution in [0.25, 0.3) is 0 Å². The van der Waals surface area contributed by atoms with Gasteiger partial charge in [0.05, 0.1) is 13.2 Å². The van der Waals surface area contributed by atoms with Crippen LogP contribution in [0.15, 0.2) is 0 Å². The summed E-state index contributed by atoms with van der Waals surface area (Å²) in [6.07, 6.45) is 8.01. The molecule has 0 radical (unpaired) electrons. The summed E-state index contributed by atoms with van der Waals surface area (Å²) < 4.78 is 34.6. The first-order valence-electron chi connectivity index (χ1n) is 8.20. The molecule has 1 spiro atoms. The summed E-state index contributed by atoms with van der Waals surface area (Å²) in [7, 11) is -3.36. The van der Waals surface area contributed by atoms with Gasteiger partial charge in [-0.1, -0.05) is 19.3 Å². The highest BCUT2D eigenvalue weighted by molar-refractivity contribution is 7.87. The van der Waals surface area contributed by atoms with Crippen LogP contribution >= 0.6 is 0 Å². The summed E-state index contributed by atoms with van der Waals surface area (Å²) in [6, 6.07) is 0.0668. The first kappa shape index (κ1) is 15.7. The Morgan fingerprint density at radius 3 is 2.57 bits per heavy atom. The molecule has 0 aromatic carbocycles. The van der Waals surface area contributed by atoms with Gasteiger partial charge in [0.15, 0.2) is 0 Å². The number of morpholine rings is 1. The van der Waals surface area contributed by atoms with E-state index in [4.69, 9.17) is 4.74 Å². The second-order valence-electron chi connectivity index (χ2n) is 6.59. The summed E-state index contributed by atoms with van der Waals surface area (Å²) >= 11 is 0. The van der Waals surface area contributed by atoms with E-state index in [1.165, 1.54) is 36.4 Å². The predicted octanol–water partition coefficient (Wildman–Crippen LogP) is 0.608. The van der Waals surface area contributed by atoms with Crippen molar-refractivity contribution < 1.29 is 13.2 Å². The lowest BCUT2D eigenvalue weighted by Gasteiger charge is -2.45. The summed E-state index contributed by atoms with van der Waals surface area (Å²) in [4.78, 5) is 0. The second-order valence-corrected chi connectivity index (χ2v) is 8.29. The van der Waals surface area contributed by atoms with Crippen molar-refractivity contribution in [3.8, 4) is 0 Å². The molecule has 21 heavy (non-hydrogen) atoms. The van der Waals surface area contributed by atoms with Crippen molar-refractivity contribution in [2.24, 2.45) is 0 Å². The van der Waals surface area contributed by atoms with Crippen molar-refractivity contribution in [2.75, 3.05) is 32.8 Å². The molecular formula is C14H27N3O3S. The van der Waals surface area contributed by atoms with Crippen LogP contribution in [0.4, 0.5) is 0 Å². The number of hydrogen-bond donors (Lipinski definition) is 2. The molecule has 1 saturated carbocycles. The molecule has 3 fully saturated rings. The monoisotopic (exact) mass is 317 g/mol. The van der Waals surface area contributed by atoms with Crippen molar-refractivity contribution in [3.63, 3.8) is 0 Å². The standard InChI is InChI=1S/C14H27N3O3S/c18-21(19,17-8-10-20-11-9-17)16-13-4-7-15-14(12-13)5-2-1-3-6-14/h13,15-16H,1-12H2. The summed E-state index contributed by atoms with van der Waals surface area (Å²) in [6.45, 7) is 2.83. The number of hydrogen-bond acceptors (Lipinski definition) is 4. The van der Waals surface area contributed by atoms with E-state index >= 15 is 0 Å². The molecule has 3 aliphatic rings. The van der Waals surface area contributed by atoms with Crippen molar-refractivity contribution in [3.05, 3.63) is 0 Å². The Morgan fingerprint density at radius 2 is 1.86 bits per heavy atom.